The van der Waals surface area contributed by atoms with Crippen LogP contribution in [0.3, 0.4) is 0 Å². The Hall–Kier alpha value is -1.66. The van der Waals surface area contributed by atoms with E-state index in [9.17, 15) is 4.79 Å². The summed E-state index contributed by atoms with van der Waals surface area (Å²) in [6.45, 7) is 5.55. The van der Waals surface area contributed by atoms with Gasteiger partial charge >= 0.3 is 5.97 Å². The first-order valence-electron chi connectivity index (χ1n) is 7.55. The number of hydrogen-bond donors (Lipinski definition) is 2. The largest absolute Gasteiger partial charge is 0.462 e. The van der Waals surface area contributed by atoms with Crippen molar-refractivity contribution in [2.45, 2.75) is 32.8 Å². The van der Waals surface area contributed by atoms with Crippen molar-refractivity contribution >= 4 is 29.0 Å². The lowest BCUT2D eigenvalue weighted by molar-refractivity contribution is 0.0525. The maximum atomic E-state index is 11.9. The Kier molecular flexibility index (Phi) is 6.15. The van der Waals surface area contributed by atoms with Gasteiger partial charge in [0, 0.05) is 18.8 Å². The van der Waals surface area contributed by atoms with Crippen LogP contribution in [0.4, 0.5) is 5.69 Å². The first-order valence-corrected chi connectivity index (χ1v) is 7.95. The molecule has 1 aromatic rings. The number of carbonyl (C=O) groups is 1. The third kappa shape index (κ3) is 4.42. The molecular formula is C16H22N2O3S. The van der Waals surface area contributed by atoms with Crippen molar-refractivity contribution in [2.75, 3.05) is 25.1 Å². The number of rotatable bonds is 5. The lowest BCUT2D eigenvalue weighted by Crippen LogP contribution is -2.35. The maximum absolute atomic E-state index is 11.9. The van der Waals surface area contributed by atoms with E-state index in [1.807, 2.05) is 19.1 Å². The van der Waals surface area contributed by atoms with Crippen LogP contribution in [0.1, 0.15) is 35.7 Å². The quantitative estimate of drug-likeness (QED) is 0.642. The van der Waals surface area contributed by atoms with Crippen molar-refractivity contribution in [3.05, 3.63) is 29.3 Å². The number of benzene rings is 1. The Morgan fingerprint density at radius 3 is 3.00 bits per heavy atom. The predicted molar refractivity (Wildman–Crippen MR) is 90.3 cm³/mol. The molecule has 1 aromatic carbocycles. The van der Waals surface area contributed by atoms with Crippen LogP contribution in [0, 0.1) is 6.92 Å². The standard InChI is InChI=1S/C16H22N2O3S/c1-3-20-15(19)13-7-4-8-14(11(13)2)18-16(22)17-10-12-6-5-9-21-12/h4,7-8,12H,3,5-6,9-10H2,1-2H3,(H2,17,18,22)/t12-/m1/s1. The van der Waals surface area contributed by atoms with Crippen LogP contribution >= 0.6 is 12.2 Å². The molecule has 1 fully saturated rings. The molecule has 2 N–H and O–H groups in total. The van der Waals surface area contributed by atoms with E-state index in [0.29, 0.717) is 23.8 Å². The van der Waals surface area contributed by atoms with E-state index in [1.165, 1.54) is 0 Å². The summed E-state index contributed by atoms with van der Waals surface area (Å²) in [6.07, 6.45) is 2.40. The highest BCUT2D eigenvalue weighted by molar-refractivity contribution is 7.80. The summed E-state index contributed by atoms with van der Waals surface area (Å²) in [6, 6.07) is 5.45. The molecule has 0 unspecified atom stereocenters. The Morgan fingerprint density at radius 1 is 1.50 bits per heavy atom. The zero-order chi connectivity index (χ0) is 15.9. The van der Waals surface area contributed by atoms with Gasteiger partial charge in [-0.15, -0.1) is 0 Å². The maximum Gasteiger partial charge on any atom is 0.338 e. The number of nitrogens with one attached hydrogen (secondary N) is 2. The summed E-state index contributed by atoms with van der Waals surface area (Å²) in [5, 5.41) is 6.81. The van der Waals surface area contributed by atoms with Crippen molar-refractivity contribution in [2.24, 2.45) is 0 Å². The lowest BCUT2D eigenvalue weighted by Gasteiger charge is -2.16. The molecule has 1 saturated heterocycles. The van der Waals surface area contributed by atoms with Crippen molar-refractivity contribution < 1.29 is 14.3 Å². The summed E-state index contributed by atoms with van der Waals surface area (Å²) in [4.78, 5) is 11.9. The lowest BCUT2D eigenvalue weighted by atomic mass is 10.1. The molecule has 0 saturated carbocycles. The molecule has 2 rings (SSSR count). The molecule has 0 aromatic heterocycles. The molecule has 1 heterocycles. The minimum Gasteiger partial charge on any atom is -0.462 e. The summed E-state index contributed by atoms with van der Waals surface area (Å²) >= 11 is 5.30. The zero-order valence-corrected chi connectivity index (χ0v) is 13.8. The molecule has 0 spiro atoms. The molecule has 1 aliphatic rings. The molecule has 0 amide bonds. The smallest absolute Gasteiger partial charge is 0.338 e. The molecule has 1 atom stereocenters. The van der Waals surface area contributed by atoms with E-state index >= 15 is 0 Å². The first kappa shape index (κ1) is 16.7. The van der Waals surface area contributed by atoms with E-state index in [0.717, 1.165) is 30.7 Å². The zero-order valence-electron chi connectivity index (χ0n) is 13.0. The fourth-order valence-electron chi connectivity index (χ4n) is 2.38. The Labute approximate surface area is 136 Å². The fourth-order valence-corrected chi connectivity index (χ4v) is 2.57. The van der Waals surface area contributed by atoms with Gasteiger partial charge in [0.2, 0.25) is 0 Å². The van der Waals surface area contributed by atoms with E-state index in [4.69, 9.17) is 21.7 Å². The number of hydrogen-bond acceptors (Lipinski definition) is 4. The predicted octanol–water partition coefficient (Wildman–Crippen LogP) is 2.64. The Balaban J connectivity index is 1.95. The second-order valence-corrected chi connectivity index (χ2v) is 5.58. The van der Waals surface area contributed by atoms with Crippen LogP contribution in [0.15, 0.2) is 18.2 Å². The molecule has 0 radical (unpaired) electrons. The molecule has 5 nitrogen and oxygen atoms in total. The van der Waals surface area contributed by atoms with Crippen LogP contribution in [0.5, 0.6) is 0 Å². The third-order valence-corrected chi connectivity index (χ3v) is 3.84. The van der Waals surface area contributed by atoms with Crippen LogP contribution in [0.25, 0.3) is 0 Å². The van der Waals surface area contributed by atoms with Crippen molar-refractivity contribution in [3.8, 4) is 0 Å². The van der Waals surface area contributed by atoms with E-state index < -0.39 is 0 Å². The summed E-state index contributed by atoms with van der Waals surface area (Å²) in [5.41, 5.74) is 2.17. The Bertz CT molecular complexity index is 542. The minimum atomic E-state index is -0.318. The van der Waals surface area contributed by atoms with Gasteiger partial charge in [0.05, 0.1) is 18.3 Å². The molecular weight excluding hydrogens is 300 g/mol. The van der Waals surface area contributed by atoms with Gasteiger partial charge in [-0.1, -0.05) is 6.07 Å². The van der Waals surface area contributed by atoms with Gasteiger partial charge in [0.1, 0.15) is 0 Å². The van der Waals surface area contributed by atoms with Crippen LogP contribution < -0.4 is 10.6 Å². The SMILES string of the molecule is CCOC(=O)c1cccc(NC(=S)NC[C@H]2CCCO2)c1C. The van der Waals surface area contributed by atoms with Crippen molar-refractivity contribution in [3.63, 3.8) is 0 Å². The van der Waals surface area contributed by atoms with Crippen molar-refractivity contribution in [1.29, 1.82) is 0 Å². The number of ether oxygens (including phenoxy) is 2. The van der Waals surface area contributed by atoms with Crippen molar-refractivity contribution in [1.82, 2.24) is 5.32 Å². The number of thiocarbonyl (C=S) groups is 1. The van der Waals surface area contributed by atoms with Crippen LogP contribution in [-0.4, -0.2) is 36.9 Å². The summed E-state index contributed by atoms with van der Waals surface area (Å²) in [7, 11) is 0. The monoisotopic (exact) mass is 322 g/mol. The van der Waals surface area contributed by atoms with Gasteiger partial charge in [-0.05, 0) is 56.6 Å². The summed E-state index contributed by atoms with van der Waals surface area (Å²) < 4.78 is 10.6. The molecule has 0 aliphatic carbocycles. The van der Waals surface area contributed by atoms with Crippen LogP contribution in [0.2, 0.25) is 0 Å². The molecule has 6 heteroatoms. The Morgan fingerprint density at radius 2 is 2.32 bits per heavy atom. The van der Waals surface area contributed by atoms with E-state index in [-0.39, 0.29) is 12.1 Å². The highest BCUT2D eigenvalue weighted by atomic mass is 32.1. The molecule has 120 valence electrons. The highest BCUT2D eigenvalue weighted by Crippen LogP contribution is 2.20. The van der Waals surface area contributed by atoms with Gasteiger partial charge in [-0.25, -0.2) is 4.79 Å². The number of anilines is 1. The number of esters is 1. The minimum absolute atomic E-state index is 0.228. The normalized spacial score (nSPS) is 17.1. The van der Waals surface area contributed by atoms with E-state index in [2.05, 4.69) is 10.6 Å². The van der Waals surface area contributed by atoms with Gasteiger partial charge < -0.3 is 20.1 Å². The third-order valence-electron chi connectivity index (χ3n) is 3.59. The van der Waals surface area contributed by atoms with E-state index in [1.54, 1.807) is 13.0 Å². The summed E-state index contributed by atoms with van der Waals surface area (Å²) in [5.74, 6) is -0.318. The number of carbonyl (C=O) groups excluding carboxylic acids is 1. The van der Waals surface area contributed by atoms with Gasteiger partial charge in [0.15, 0.2) is 5.11 Å². The molecule has 1 aliphatic heterocycles. The first-order chi connectivity index (χ1) is 10.6. The average molecular weight is 322 g/mol. The second kappa shape index (κ2) is 8.10. The average Bonchev–Trinajstić information content (AvgIpc) is 3.01. The second-order valence-electron chi connectivity index (χ2n) is 5.17. The molecule has 0 bridgehead atoms. The van der Waals surface area contributed by atoms with Gasteiger partial charge in [-0.2, -0.15) is 0 Å². The fraction of sp³-hybridized carbons (Fsp3) is 0.500. The van der Waals surface area contributed by atoms with Gasteiger partial charge in [0.25, 0.3) is 0 Å². The molecule has 22 heavy (non-hydrogen) atoms. The van der Waals surface area contributed by atoms with Gasteiger partial charge in [-0.3, -0.25) is 0 Å². The topological polar surface area (TPSA) is 59.6 Å². The highest BCUT2D eigenvalue weighted by Gasteiger charge is 2.16. The van der Waals surface area contributed by atoms with Crippen LogP contribution in [-0.2, 0) is 9.47 Å².